The monoisotopic (exact) mass is 372 g/mol. The second kappa shape index (κ2) is 8.38. The molecule has 0 spiro atoms. The summed E-state index contributed by atoms with van der Waals surface area (Å²) in [6.45, 7) is 5.74. The third-order valence-electron chi connectivity index (χ3n) is 5.65. The number of aryl methyl sites for hydroxylation is 2. The fraction of sp³-hybridized carbons (Fsp3) is 0.455. The lowest BCUT2D eigenvalue weighted by atomic mass is 9.95. The number of anilines is 1. The molecule has 2 N–H and O–H groups in total. The smallest absolute Gasteiger partial charge is 0.149 e. The molecule has 1 fully saturated rings. The van der Waals surface area contributed by atoms with E-state index in [0.29, 0.717) is 12.0 Å². The summed E-state index contributed by atoms with van der Waals surface area (Å²) in [5.74, 6) is -0.142. The van der Waals surface area contributed by atoms with Crippen molar-refractivity contribution in [1.82, 2.24) is 4.90 Å². The molecule has 5 heteroatoms. The Hall–Kier alpha value is -1.95. The van der Waals surface area contributed by atoms with Crippen LogP contribution in [0.5, 0.6) is 0 Å². The second-order valence-corrected chi connectivity index (χ2v) is 7.41. The van der Waals surface area contributed by atoms with Crippen LogP contribution in [-0.4, -0.2) is 38.3 Å². The molecule has 0 radical (unpaired) electrons. The molecule has 0 aliphatic carbocycles. The summed E-state index contributed by atoms with van der Waals surface area (Å²) in [6.07, 6.45) is 0.474. The minimum Gasteiger partial charge on any atom is -0.396 e. The van der Waals surface area contributed by atoms with E-state index in [-0.39, 0.29) is 29.8 Å². The summed E-state index contributed by atoms with van der Waals surface area (Å²) in [7, 11) is 3.46. The number of nitrogens with zero attached hydrogens (tertiary/aromatic N) is 1. The van der Waals surface area contributed by atoms with Gasteiger partial charge in [-0.05, 0) is 43.0 Å². The van der Waals surface area contributed by atoms with Crippen LogP contribution in [0.25, 0.3) is 0 Å². The first kappa shape index (κ1) is 19.8. The Balaban J connectivity index is 1.83. The third-order valence-corrected chi connectivity index (χ3v) is 5.65. The van der Waals surface area contributed by atoms with Crippen LogP contribution in [-0.2, 0) is 15.9 Å². The van der Waals surface area contributed by atoms with Gasteiger partial charge in [-0.25, -0.2) is 4.39 Å². The summed E-state index contributed by atoms with van der Waals surface area (Å²) in [5, 5.41) is 0. The average molecular weight is 372 g/mol. The number of likely N-dealkylation sites (tertiary alicyclic amines) is 1. The summed E-state index contributed by atoms with van der Waals surface area (Å²) < 4.78 is 26.0. The lowest BCUT2D eigenvalue weighted by Crippen LogP contribution is -2.30. The van der Waals surface area contributed by atoms with Crippen LogP contribution in [0, 0.1) is 25.6 Å². The maximum absolute atomic E-state index is 14.4. The molecule has 3 atom stereocenters. The number of halogens is 1. The van der Waals surface area contributed by atoms with Crippen molar-refractivity contribution in [2.24, 2.45) is 5.92 Å². The van der Waals surface area contributed by atoms with Crippen LogP contribution in [0.2, 0.25) is 0 Å². The van der Waals surface area contributed by atoms with Crippen molar-refractivity contribution in [1.29, 1.82) is 0 Å². The van der Waals surface area contributed by atoms with E-state index in [9.17, 15) is 4.39 Å². The highest BCUT2D eigenvalue weighted by Gasteiger charge is 2.38. The second-order valence-electron chi connectivity index (χ2n) is 7.41. The SMILES string of the molecule is COC1CN(C(OC)c2c(C)cccc2C)CC1Cc1cccc(N)c1F. The number of rotatable bonds is 6. The van der Waals surface area contributed by atoms with Gasteiger partial charge in [0.2, 0.25) is 0 Å². The standard InChI is InChI=1S/C22H29FN2O2/c1-14-7-5-8-15(2)20(14)22(27-4)25-12-17(19(13-25)26-3)11-16-9-6-10-18(24)21(16)23/h5-10,17,19,22H,11-13,24H2,1-4H3. The van der Waals surface area contributed by atoms with Gasteiger partial charge in [-0.1, -0.05) is 30.3 Å². The minimum atomic E-state index is -0.316. The fourth-order valence-corrected chi connectivity index (χ4v) is 4.23. The van der Waals surface area contributed by atoms with Gasteiger partial charge in [0.25, 0.3) is 0 Å². The van der Waals surface area contributed by atoms with E-state index < -0.39 is 0 Å². The van der Waals surface area contributed by atoms with E-state index in [1.807, 2.05) is 0 Å². The summed E-state index contributed by atoms with van der Waals surface area (Å²) in [4.78, 5) is 2.29. The molecule has 2 aromatic rings. The third kappa shape index (κ3) is 4.00. The zero-order chi connectivity index (χ0) is 19.6. The molecule has 1 saturated heterocycles. The summed E-state index contributed by atoms with van der Waals surface area (Å²) >= 11 is 0. The van der Waals surface area contributed by atoms with Gasteiger partial charge in [0.05, 0.1) is 11.8 Å². The van der Waals surface area contributed by atoms with Crippen LogP contribution < -0.4 is 5.73 Å². The Kier molecular flexibility index (Phi) is 6.15. The Morgan fingerprint density at radius 1 is 1.11 bits per heavy atom. The van der Waals surface area contributed by atoms with Crippen LogP contribution in [0.4, 0.5) is 10.1 Å². The Bertz CT molecular complexity index is 776. The van der Waals surface area contributed by atoms with E-state index in [2.05, 4.69) is 36.9 Å². The number of benzene rings is 2. The van der Waals surface area contributed by atoms with E-state index in [0.717, 1.165) is 13.1 Å². The van der Waals surface area contributed by atoms with Gasteiger partial charge in [0.1, 0.15) is 12.0 Å². The van der Waals surface area contributed by atoms with Crippen molar-refractivity contribution in [3.05, 3.63) is 64.5 Å². The number of ether oxygens (including phenoxy) is 2. The molecule has 146 valence electrons. The molecule has 0 amide bonds. The van der Waals surface area contributed by atoms with Gasteiger partial charge >= 0.3 is 0 Å². The Morgan fingerprint density at radius 3 is 2.41 bits per heavy atom. The van der Waals surface area contributed by atoms with Gasteiger partial charge in [0, 0.05) is 38.8 Å². The van der Waals surface area contributed by atoms with E-state index >= 15 is 0 Å². The predicted octanol–water partition coefficient (Wildman–Crippen LogP) is 3.86. The van der Waals surface area contributed by atoms with Crippen LogP contribution >= 0.6 is 0 Å². The molecule has 2 aromatic carbocycles. The molecule has 4 nitrogen and oxygen atoms in total. The minimum absolute atomic E-state index is 0.0211. The molecular formula is C22H29FN2O2. The lowest BCUT2D eigenvalue weighted by Gasteiger charge is -2.29. The molecule has 1 heterocycles. The quantitative estimate of drug-likeness (QED) is 0.782. The normalized spacial score (nSPS) is 21.5. The maximum atomic E-state index is 14.4. The topological polar surface area (TPSA) is 47.7 Å². The molecule has 1 aliphatic rings. The molecule has 0 aromatic heterocycles. The number of nitrogen functional groups attached to an aromatic ring is 1. The van der Waals surface area contributed by atoms with Crippen molar-refractivity contribution in [3.8, 4) is 0 Å². The number of methoxy groups -OCH3 is 2. The molecular weight excluding hydrogens is 343 g/mol. The zero-order valence-corrected chi connectivity index (χ0v) is 16.5. The molecule has 0 saturated carbocycles. The lowest BCUT2D eigenvalue weighted by molar-refractivity contribution is -0.0306. The van der Waals surface area contributed by atoms with Crippen molar-refractivity contribution in [2.75, 3.05) is 33.0 Å². The predicted molar refractivity (Wildman–Crippen MR) is 106 cm³/mol. The van der Waals surface area contributed by atoms with Gasteiger partial charge in [0.15, 0.2) is 0 Å². The van der Waals surface area contributed by atoms with Crippen molar-refractivity contribution in [2.45, 2.75) is 32.6 Å². The highest BCUT2D eigenvalue weighted by Crippen LogP contribution is 2.34. The van der Waals surface area contributed by atoms with Crippen molar-refractivity contribution < 1.29 is 13.9 Å². The van der Waals surface area contributed by atoms with Crippen molar-refractivity contribution >= 4 is 5.69 Å². The first-order chi connectivity index (χ1) is 13.0. The Morgan fingerprint density at radius 2 is 1.78 bits per heavy atom. The highest BCUT2D eigenvalue weighted by atomic mass is 19.1. The molecule has 3 unspecified atom stereocenters. The van der Waals surface area contributed by atoms with Crippen LogP contribution in [0.1, 0.15) is 28.5 Å². The van der Waals surface area contributed by atoms with Crippen molar-refractivity contribution in [3.63, 3.8) is 0 Å². The first-order valence-electron chi connectivity index (χ1n) is 9.34. The molecule has 1 aliphatic heterocycles. The summed E-state index contributed by atoms with van der Waals surface area (Å²) in [5.41, 5.74) is 10.2. The average Bonchev–Trinajstić information content (AvgIpc) is 3.04. The fourth-order valence-electron chi connectivity index (χ4n) is 4.23. The Labute approximate surface area is 161 Å². The van der Waals surface area contributed by atoms with Gasteiger partial charge in [-0.3, -0.25) is 4.90 Å². The van der Waals surface area contributed by atoms with E-state index in [4.69, 9.17) is 15.2 Å². The molecule has 0 bridgehead atoms. The molecule has 3 rings (SSSR count). The highest BCUT2D eigenvalue weighted by molar-refractivity contribution is 5.43. The largest absolute Gasteiger partial charge is 0.396 e. The van der Waals surface area contributed by atoms with Gasteiger partial charge < -0.3 is 15.2 Å². The maximum Gasteiger partial charge on any atom is 0.149 e. The van der Waals surface area contributed by atoms with Gasteiger partial charge in [-0.15, -0.1) is 0 Å². The summed E-state index contributed by atoms with van der Waals surface area (Å²) in [6, 6.07) is 11.5. The van der Waals surface area contributed by atoms with E-state index in [1.165, 1.54) is 16.7 Å². The van der Waals surface area contributed by atoms with Gasteiger partial charge in [-0.2, -0.15) is 0 Å². The number of hydrogen-bond donors (Lipinski definition) is 1. The van der Waals surface area contributed by atoms with E-state index in [1.54, 1.807) is 32.4 Å². The number of nitrogens with two attached hydrogens (primary N) is 1. The first-order valence-corrected chi connectivity index (χ1v) is 9.34. The zero-order valence-electron chi connectivity index (χ0n) is 16.5. The van der Waals surface area contributed by atoms with Crippen LogP contribution in [0.3, 0.4) is 0 Å². The number of hydrogen-bond acceptors (Lipinski definition) is 4. The van der Waals surface area contributed by atoms with Crippen LogP contribution in [0.15, 0.2) is 36.4 Å². The molecule has 27 heavy (non-hydrogen) atoms.